The minimum absolute atomic E-state index is 0.0701. The van der Waals surface area contributed by atoms with Crippen LogP contribution in [-0.2, 0) is 4.79 Å². The van der Waals surface area contributed by atoms with Crippen molar-refractivity contribution in [2.24, 2.45) is 0 Å². The summed E-state index contributed by atoms with van der Waals surface area (Å²) in [6.45, 7) is 2.40. The molecule has 0 aliphatic carbocycles. The average molecular weight is 415 g/mol. The number of hydrogen-bond donors (Lipinski definition) is 3. The quantitative estimate of drug-likeness (QED) is 0.521. The second kappa shape index (κ2) is 10.7. The van der Waals surface area contributed by atoms with Gasteiger partial charge in [-0.15, -0.1) is 0 Å². The van der Waals surface area contributed by atoms with Gasteiger partial charge in [0.2, 0.25) is 5.91 Å². The first-order valence-electron chi connectivity index (χ1n) is 10.2. The molecule has 31 heavy (non-hydrogen) atoms. The van der Waals surface area contributed by atoms with Crippen molar-refractivity contribution in [3.05, 3.63) is 102 Å². The van der Waals surface area contributed by atoms with Crippen LogP contribution in [0, 0.1) is 0 Å². The predicted octanol–water partition coefficient (Wildman–Crippen LogP) is 3.94. The van der Waals surface area contributed by atoms with E-state index in [0.29, 0.717) is 23.4 Å². The summed E-state index contributed by atoms with van der Waals surface area (Å²) in [5.41, 5.74) is 2.48. The Bertz CT molecular complexity index is 1020. The third kappa shape index (κ3) is 6.27. The van der Waals surface area contributed by atoms with Crippen LogP contribution in [0.4, 0.5) is 5.69 Å². The van der Waals surface area contributed by atoms with Crippen molar-refractivity contribution >= 4 is 23.4 Å². The van der Waals surface area contributed by atoms with Gasteiger partial charge in [0.25, 0.3) is 11.8 Å². The van der Waals surface area contributed by atoms with Gasteiger partial charge in [-0.05, 0) is 48.9 Å². The van der Waals surface area contributed by atoms with E-state index in [4.69, 9.17) is 0 Å². The van der Waals surface area contributed by atoms with Crippen LogP contribution in [-0.4, -0.2) is 24.3 Å². The van der Waals surface area contributed by atoms with E-state index in [1.807, 2.05) is 43.3 Å². The molecule has 1 unspecified atom stereocenters. The Morgan fingerprint density at radius 1 is 0.742 bits per heavy atom. The van der Waals surface area contributed by atoms with Crippen LogP contribution in [0.5, 0.6) is 0 Å². The Labute approximate surface area is 181 Å². The molecule has 0 heterocycles. The zero-order valence-electron chi connectivity index (χ0n) is 17.3. The number of hydrogen-bond acceptors (Lipinski definition) is 3. The molecule has 0 aliphatic heterocycles. The Hall–Kier alpha value is -3.93. The second-order valence-electron chi connectivity index (χ2n) is 6.99. The van der Waals surface area contributed by atoms with Gasteiger partial charge in [-0.25, -0.2) is 0 Å². The number of carbonyl (C=O) groups excluding carboxylic acids is 3. The van der Waals surface area contributed by atoms with Gasteiger partial charge >= 0.3 is 0 Å². The van der Waals surface area contributed by atoms with Gasteiger partial charge < -0.3 is 16.0 Å². The van der Waals surface area contributed by atoms with E-state index in [2.05, 4.69) is 16.0 Å². The summed E-state index contributed by atoms with van der Waals surface area (Å²) < 4.78 is 0. The zero-order valence-corrected chi connectivity index (χ0v) is 17.3. The van der Waals surface area contributed by atoms with Gasteiger partial charge in [0, 0.05) is 23.4 Å². The molecule has 0 spiro atoms. The minimum Gasteiger partial charge on any atom is -0.352 e. The van der Waals surface area contributed by atoms with Crippen molar-refractivity contribution in [1.29, 1.82) is 0 Å². The van der Waals surface area contributed by atoms with E-state index in [0.717, 1.165) is 5.56 Å². The highest BCUT2D eigenvalue weighted by Gasteiger charge is 2.19. The van der Waals surface area contributed by atoms with Crippen LogP contribution >= 0.6 is 0 Å². The molecule has 0 aromatic heterocycles. The highest BCUT2D eigenvalue weighted by atomic mass is 16.2. The van der Waals surface area contributed by atoms with Crippen LogP contribution < -0.4 is 16.0 Å². The third-order valence-electron chi connectivity index (χ3n) is 4.70. The van der Waals surface area contributed by atoms with Crippen LogP contribution in [0.1, 0.15) is 45.7 Å². The zero-order chi connectivity index (χ0) is 22.1. The first-order chi connectivity index (χ1) is 15.1. The first kappa shape index (κ1) is 21.8. The Balaban J connectivity index is 1.68. The van der Waals surface area contributed by atoms with Crippen molar-refractivity contribution in [2.75, 3.05) is 11.9 Å². The predicted molar refractivity (Wildman–Crippen MR) is 121 cm³/mol. The molecule has 3 aromatic carbocycles. The largest absolute Gasteiger partial charge is 0.352 e. The number of carbonyl (C=O) groups is 3. The lowest BCUT2D eigenvalue weighted by Crippen LogP contribution is -2.31. The van der Waals surface area contributed by atoms with Gasteiger partial charge in [0.15, 0.2) is 0 Å². The molecule has 158 valence electrons. The van der Waals surface area contributed by atoms with Gasteiger partial charge in [-0.2, -0.15) is 0 Å². The molecule has 0 saturated carbocycles. The molecular formula is C25H25N3O3. The van der Waals surface area contributed by atoms with E-state index < -0.39 is 6.04 Å². The van der Waals surface area contributed by atoms with Gasteiger partial charge in [-0.1, -0.05) is 48.5 Å². The Kier molecular flexibility index (Phi) is 7.54. The molecule has 0 aliphatic rings. The molecule has 1 atom stereocenters. The average Bonchev–Trinajstić information content (AvgIpc) is 2.80. The molecule has 3 aromatic rings. The highest BCUT2D eigenvalue weighted by molar-refractivity contribution is 5.97. The lowest BCUT2D eigenvalue weighted by Gasteiger charge is -2.19. The standard InChI is InChI=1S/C25H25N3O3/c1-2-26-24(30)20-13-15-21(16-14-20)27-23(29)17-22(18-9-5-3-6-10-18)28-25(31)19-11-7-4-8-12-19/h3-16,22H,2,17H2,1H3,(H,26,30)(H,27,29)(H,28,31). The molecule has 3 N–H and O–H groups in total. The monoisotopic (exact) mass is 415 g/mol. The molecule has 0 fully saturated rings. The van der Waals surface area contributed by atoms with Crippen LogP contribution in [0.15, 0.2) is 84.9 Å². The van der Waals surface area contributed by atoms with Crippen LogP contribution in [0.25, 0.3) is 0 Å². The Morgan fingerprint density at radius 3 is 1.94 bits per heavy atom. The van der Waals surface area contributed by atoms with Crippen molar-refractivity contribution < 1.29 is 14.4 Å². The summed E-state index contributed by atoms with van der Waals surface area (Å²) in [6, 6.07) is 24.5. The second-order valence-corrected chi connectivity index (χ2v) is 6.99. The summed E-state index contributed by atoms with van der Waals surface area (Å²) in [5.74, 6) is -0.644. The molecule has 0 saturated heterocycles. The maximum atomic E-state index is 12.7. The van der Waals surface area contributed by atoms with E-state index in [1.165, 1.54) is 0 Å². The molecule has 6 nitrogen and oxygen atoms in total. The van der Waals surface area contributed by atoms with Crippen molar-refractivity contribution in [2.45, 2.75) is 19.4 Å². The van der Waals surface area contributed by atoms with Crippen molar-refractivity contribution in [1.82, 2.24) is 10.6 Å². The minimum atomic E-state index is -0.483. The third-order valence-corrected chi connectivity index (χ3v) is 4.70. The SMILES string of the molecule is CCNC(=O)c1ccc(NC(=O)CC(NC(=O)c2ccccc2)c2ccccc2)cc1. The van der Waals surface area contributed by atoms with Crippen molar-refractivity contribution in [3.63, 3.8) is 0 Å². The fraction of sp³-hybridized carbons (Fsp3) is 0.160. The van der Waals surface area contributed by atoms with Gasteiger partial charge in [0.1, 0.15) is 0 Å². The number of rotatable bonds is 8. The molecule has 0 bridgehead atoms. The van der Waals surface area contributed by atoms with E-state index in [1.54, 1.807) is 48.5 Å². The van der Waals surface area contributed by atoms with Crippen molar-refractivity contribution in [3.8, 4) is 0 Å². The fourth-order valence-electron chi connectivity index (χ4n) is 3.13. The number of amides is 3. The number of anilines is 1. The van der Waals surface area contributed by atoms with Gasteiger partial charge in [-0.3, -0.25) is 14.4 Å². The summed E-state index contributed by atoms with van der Waals surface area (Å²) in [5, 5.41) is 8.51. The molecule has 0 radical (unpaired) electrons. The normalized spacial score (nSPS) is 11.3. The summed E-state index contributed by atoms with van der Waals surface area (Å²) in [4.78, 5) is 37.2. The number of benzene rings is 3. The molecular weight excluding hydrogens is 390 g/mol. The topological polar surface area (TPSA) is 87.3 Å². The smallest absolute Gasteiger partial charge is 0.251 e. The lowest BCUT2D eigenvalue weighted by atomic mass is 10.0. The number of nitrogens with one attached hydrogen (secondary N) is 3. The van der Waals surface area contributed by atoms with Gasteiger partial charge in [0.05, 0.1) is 12.5 Å². The van der Waals surface area contributed by atoms with E-state index in [-0.39, 0.29) is 24.1 Å². The van der Waals surface area contributed by atoms with E-state index >= 15 is 0 Å². The fourth-order valence-corrected chi connectivity index (χ4v) is 3.13. The maximum Gasteiger partial charge on any atom is 0.251 e. The highest BCUT2D eigenvalue weighted by Crippen LogP contribution is 2.19. The lowest BCUT2D eigenvalue weighted by molar-refractivity contribution is -0.116. The summed E-state index contributed by atoms with van der Waals surface area (Å²) in [7, 11) is 0. The van der Waals surface area contributed by atoms with Crippen LogP contribution in [0.2, 0.25) is 0 Å². The van der Waals surface area contributed by atoms with Crippen LogP contribution in [0.3, 0.4) is 0 Å². The Morgan fingerprint density at radius 2 is 1.32 bits per heavy atom. The molecule has 6 heteroatoms. The molecule has 3 rings (SSSR count). The first-order valence-corrected chi connectivity index (χ1v) is 10.2. The maximum absolute atomic E-state index is 12.7. The summed E-state index contributed by atoms with van der Waals surface area (Å²) >= 11 is 0. The van der Waals surface area contributed by atoms with E-state index in [9.17, 15) is 14.4 Å². The molecule has 3 amide bonds. The summed E-state index contributed by atoms with van der Waals surface area (Å²) in [6.07, 6.45) is 0.0701.